The van der Waals surface area contributed by atoms with Crippen LogP contribution in [0.5, 0.6) is 5.75 Å². The Labute approximate surface area is 187 Å². The largest absolute Gasteiger partial charge is 0.573 e. The Bertz CT molecular complexity index is 1210. The van der Waals surface area contributed by atoms with Crippen LogP contribution in [0.1, 0.15) is 0 Å². The van der Waals surface area contributed by atoms with Crippen molar-refractivity contribution in [1.82, 2.24) is 14.6 Å². The summed E-state index contributed by atoms with van der Waals surface area (Å²) in [7, 11) is 0. The van der Waals surface area contributed by atoms with Gasteiger partial charge in [0.1, 0.15) is 11.6 Å². The van der Waals surface area contributed by atoms with Gasteiger partial charge < -0.3 is 19.9 Å². The van der Waals surface area contributed by atoms with Crippen LogP contribution in [-0.2, 0) is 4.74 Å². The van der Waals surface area contributed by atoms with Crippen molar-refractivity contribution in [2.75, 3.05) is 31.7 Å². The van der Waals surface area contributed by atoms with E-state index < -0.39 is 6.36 Å². The Balaban J connectivity index is 1.79. The number of rotatable bonds is 9. The normalized spacial score (nSPS) is 11.6. The molecule has 33 heavy (non-hydrogen) atoms. The zero-order chi connectivity index (χ0) is 23.3. The standard InChI is InChI=1S/C23H21F3N4O3/c24-23(25,26)33-20-9-5-4-8-17(20)18-15-28-30-21(27-10-12-32-13-11-31)14-19(29-22(18)30)16-6-2-1-3-7-16/h1-9,14-15,27,31H,10-13H2. The third-order valence-corrected chi connectivity index (χ3v) is 4.73. The molecule has 0 bridgehead atoms. The third-order valence-electron chi connectivity index (χ3n) is 4.73. The summed E-state index contributed by atoms with van der Waals surface area (Å²) in [5.74, 6) is 0.255. The molecule has 0 radical (unpaired) electrons. The second kappa shape index (κ2) is 9.88. The van der Waals surface area contributed by atoms with Crippen LogP contribution in [-0.4, -0.2) is 52.4 Å². The van der Waals surface area contributed by atoms with Gasteiger partial charge in [0, 0.05) is 23.7 Å². The van der Waals surface area contributed by atoms with Gasteiger partial charge in [-0.05, 0) is 6.07 Å². The monoisotopic (exact) mass is 458 g/mol. The first kappa shape index (κ1) is 22.6. The molecular weight excluding hydrogens is 437 g/mol. The minimum absolute atomic E-state index is 0.0699. The highest BCUT2D eigenvalue weighted by molar-refractivity contribution is 5.83. The highest BCUT2D eigenvalue weighted by atomic mass is 19.4. The number of hydrogen-bond donors (Lipinski definition) is 2. The number of nitrogens with one attached hydrogen (secondary N) is 1. The van der Waals surface area contributed by atoms with Crippen molar-refractivity contribution in [3.8, 4) is 28.1 Å². The summed E-state index contributed by atoms with van der Waals surface area (Å²) < 4.78 is 49.9. The first-order valence-electron chi connectivity index (χ1n) is 10.2. The van der Waals surface area contributed by atoms with Gasteiger partial charge in [-0.1, -0.05) is 48.5 Å². The van der Waals surface area contributed by atoms with Crippen molar-refractivity contribution in [2.45, 2.75) is 6.36 Å². The van der Waals surface area contributed by atoms with Gasteiger partial charge in [-0.2, -0.15) is 9.61 Å². The van der Waals surface area contributed by atoms with Gasteiger partial charge in [0.2, 0.25) is 0 Å². The van der Waals surface area contributed by atoms with E-state index >= 15 is 0 Å². The van der Waals surface area contributed by atoms with Gasteiger partial charge in [-0.3, -0.25) is 0 Å². The number of nitrogens with zero attached hydrogens (tertiary/aromatic N) is 3. The van der Waals surface area contributed by atoms with Crippen LogP contribution in [0.25, 0.3) is 28.0 Å². The van der Waals surface area contributed by atoms with Crippen LogP contribution in [0.4, 0.5) is 19.0 Å². The molecule has 0 aliphatic carbocycles. The molecule has 0 saturated heterocycles. The van der Waals surface area contributed by atoms with E-state index in [9.17, 15) is 13.2 Å². The topological polar surface area (TPSA) is 80.9 Å². The number of benzene rings is 2. The molecule has 0 aliphatic heterocycles. The summed E-state index contributed by atoms with van der Waals surface area (Å²) >= 11 is 0. The van der Waals surface area contributed by atoms with Crippen molar-refractivity contribution < 1.29 is 27.8 Å². The summed E-state index contributed by atoms with van der Waals surface area (Å²) in [4.78, 5) is 4.70. The maximum Gasteiger partial charge on any atom is 0.573 e. The molecule has 0 amide bonds. The van der Waals surface area contributed by atoms with E-state index in [0.717, 1.165) is 5.56 Å². The van der Waals surface area contributed by atoms with Gasteiger partial charge in [-0.15, -0.1) is 13.2 Å². The van der Waals surface area contributed by atoms with Crippen molar-refractivity contribution in [3.63, 3.8) is 0 Å². The maximum absolute atomic E-state index is 13.0. The number of hydrogen-bond acceptors (Lipinski definition) is 6. The number of para-hydroxylation sites is 1. The fraction of sp³-hybridized carbons (Fsp3) is 0.217. The van der Waals surface area contributed by atoms with Gasteiger partial charge in [0.15, 0.2) is 5.65 Å². The van der Waals surface area contributed by atoms with E-state index in [1.807, 2.05) is 36.4 Å². The molecule has 0 unspecified atom stereocenters. The Morgan fingerprint density at radius 2 is 1.73 bits per heavy atom. The van der Waals surface area contributed by atoms with Crippen LogP contribution in [0.2, 0.25) is 0 Å². The molecule has 0 fully saturated rings. The van der Waals surface area contributed by atoms with Crippen molar-refractivity contribution in [2.24, 2.45) is 0 Å². The molecule has 2 aromatic carbocycles. The maximum atomic E-state index is 13.0. The predicted octanol–water partition coefficient (Wildman–Crippen LogP) is 4.38. The van der Waals surface area contributed by atoms with Crippen molar-refractivity contribution >= 4 is 11.5 Å². The van der Waals surface area contributed by atoms with Crippen LogP contribution in [0, 0.1) is 0 Å². The lowest BCUT2D eigenvalue weighted by atomic mass is 10.1. The number of aromatic nitrogens is 3. The molecule has 0 aliphatic rings. The van der Waals surface area contributed by atoms with Crippen LogP contribution in [0.3, 0.4) is 0 Å². The number of ether oxygens (including phenoxy) is 2. The summed E-state index contributed by atoms with van der Waals surface area (Å²) in [5, 5.41) is 16.4. The first-order chi connectivity index (χ1) is 16.0. The minimum Gasteiger partial charge on any atom is -0.405 e. The van der Waals surface area contributed by atoms with Crippen LogP contribution in [0.15, 0.2) is 66.9 Å². The number of halogens is 3. The predicted molar refractivity (Wildman–Crippen MR) is 117 cm³/mol. The summed E-state index contributed by atoms with van der Waals surface area (Å²) in [5.41, 5.74) is 2.45. The molecule has 7 nitrogen and oxygen atoms in total. The number of aliphatic hydroxyl groups excluding tert-OH is 1. The molecular formula is C23H21F3N4O3. The first-order valence-corrected chi connectivity index (χ1v) is 10.2. The van der Waals surface area contributed by atoms with E-state index in [0.29, 0.717) is 35.9 Å². The minimum atomic E-state index is -4.83. The van der Waals surface area contributed by atoms with Gasteiger partial charge in [-0.25, -0.2) is 4.98 Å². The lowest BCUT2D eigenvalue weighted by Crippen LogP contribution is -2.17. The summed E-state index contributed by atoms with van der Waals surface area (Å²) in [6.45, 7) is 0.932. The quantitative estimate of drug-likeness (QED) is 0.362. The highest BCUT2D eigenvalue weighted by Gasteiger charge is 2.32. The Hall–Kier alpha value is -3.63. The number of aliphatic hydroxyl groups is 1. The molecule has 2 heterocycles. The molecule has 4 rings (SSSR count). The van der Waals surface area contributed by atoms with Gasteiger partial charge >= 0.3 is 6.36 Å². The lowest BCUT2D eigenvalue weighted by molar-refractivity contribution is -0.274. The van der Waals surface area contributed by atoms with E-state index in [1.54, 1.807) is 6.07 Å². The molecule has 10 heteroatoms. The third kappa shape index (κ3) is 5.41. The Kier molecular flexibility index (Phi) is 6.76. The molecule has 2 N–H and O–H groups in total. The lowest BCUT2D eigenvalue weighted by Gasteiger charge is -2.14. The number of alkyl halides is 3. The molecule has 0 atom stereocenters. The van der Waals surface area contributed by atoms with Crippen molar-refractivity contribution in [3.05, 3.63) is 66.9 Å². The number of anilines is 1. The summed E-state index contributed by atoms with van der Waals surface area (Å²) in [6.07, 6.45) is -3.37. The second-order valence-electron chi connectivity index (χ2n) is 6.99. The van der Waals surface area contributed by atoms with Gasteiger partial charge in [0.05, 0.1) is 37.3 Å². The van der Waals surface area contributed by atoms with Crippen LogP contribution < -0.4 is 10.1 Å². The molecule has 4 aromatic rings. The van der Waals surface area contributed by atoms with Gasteiger partial charge in [0.25, 0.3) is 0 Å². The molecule has 172 valence electrons. The second-order valence-corrected chi connectivity index (χ2v) is 6.99. The zero-order valence-corrected chi connectivity index (χ0v) is 17.4. The van der Waals surface area contributed by atoms with E-state index in [-0.39, 0.29) is 24.5 Å². The van der Waals surface area contributed by atoms with Crippen LogP contribution >= 0.6 is 0 Å². The van der Waals surface area contributed by atoms with Crippen molar-refractivity contribution in [1.29, 1.82) is 0 Å². The fourth-order valence-electron chi connectivity index (χ4n) is 3.36. The average Bonchev–Trinajstić information content (AvgIpc) is 3.23. The van der Waals surface area contributed by atoms with E-state index in [4.69, 9.17) is 14.8 Å². The molecule has 0 saturated carbocycles. The zero-order valence-electron chi connectivity index (χ0n) is 17.4. The Morgan fingerprint density at radius 3 is 2.48 bits per heavy atom. The summed E-state index contributed by atoms with van der Waals surface area (Å²) in [6, 6.07) is 17.1. The molecule has 2 aromatic heterocycles. The average molecular weight is 458 g/mol. The number of fused-ring (bicyclic) bond motifs is 1. The van der Waals surface area contributed by atoms with E-state index in [1.165, 1.54) is 28.9 Å². The smallest absolute Gasteiger partial charge is 0.405 e. The molecule has 0 spiro atoms. The fourth-order valence-corrected chi connectivity index (χ4v) is 3.36. The Morgan fingerprint density at radius 1 is 0.970 bits per heavy atom. The van der Waals surface area contributed by atoms with E-state index in [2.05, 4.69) is 15.2 Å². The SMILES string of the molecule is OCCOCCNc1cc(-c2ccccc2)nc2c(-c3ccccc3OC(F)(F)F)cnn12. The highest BCUT2D eigenvalue weighted by Crippen LogP contribution is 2.36.